The highest BCUT2D eigenvalue weighted by Gasteiger charge is 2.43. The van der Waals surface area contributed by atoms with Crippen LogP contribution in [0.2, 0.25) is 0 Å². The number of nitrogens with zero attached hydrogens (tertiary/aromatic N) is 6. The standard InChI is InChI=1S/C18H23N7O5/c1-2-13-14(26)15(27)16(28)18(30-13)29-8-7-25-9-12(19-24-25)10-3-5-11(6-4-10)17-20-22-23-21-17/h3-6,9,13-16,18,26-28H,2,7-8H2,1H3,(H,20,21,22,23)/t13?,14-,15?,16+,18+/m1/s1. The third-order valence-electron chi connectivity index (χ3n) is 5.00. The summed E-state index contributed by atoms with van der Waals surface area (Å²) in [5.41, 5.74) is 2.40. The van der Waals surface area contributed by atoms with Crippen LogP contribution in [0.25, 0.3) is 22.6 Å². The molecule has 1 aromatic carbocycles. The molecule has 2 unspecified atom stereocenters. The van der Waals surface area contributed by atoms with E-state index in [1.165, 1.54) is 0 Å². The number of aromatic amines is 1. The first-order valence-corrected chi connectivity index (χ1v) is 9.62. The van der Waals surface area contributed by atoms with Gasteiger partial charge in [0.05, 0.1) is 25.5 Å². The van der Waals surface area contributed by atoms with E-state index in [1.807, 2.05) is 31.2 Å². The van der Waals surface area contributed by atoms with Gasteiger partial charge in [0, 0.05) is 11.1 Å². The molecule has 4 N–H and O–H groups in total. The molecule has 3 aromatic rings. The summed E-state index contributed by atoms with van der Waals surface area (Å²) < 4.78 is 12.7. The second-order valence-corrected chi connectivity index (χ2v) is 6.97. The molecular formula is C18H23N7O5. The fraction of sp³-hybridized carbons (Fsp3) is 0.500. The maximum Gasteiger partial charge on any atom is 0.204 e. The molecule has 5 atom stereocenters. The van der Waals surface area contributed by atoms with Gasteiger partial charge in [-0.25, -0.2) is 4.68 Å². The van der Waals surface area contributed by atoms with Crippen LogP contribution in [-0.2, 0) is 16.0 Å². The van der Waals surface area contributed by atoms with Gasteiger partial charge < -0.3 is 24.8 Å². The van der Waals surface area contributed by atoms with Crippen molar-refractivity contribution in [1.29, 1.82) is 0 Å². The predicted molar refractivity (Wildman–Crippen MR) is 102 cm³/mol. The van der Waals surface area contributed by atoms with Crippen molar-refractivity contribution in [2.75, 3.05) is 6.61 Å². The first kappa shape index (κ1) is 20.5. The fourth-order valence-corrected chi connectivity index (χ4v) is 3.27. The number of hydrogen-bond acceptors (Lipinski definition) is 10. The molecule has 12 heteroatoms. The van der Waals surface area contributed by atoms with Crippen LogP contribution in [0.15, 0.2) is 30.5 Å². The lowest BCUT2D eigenvalue weighted by molar-refractivity contribution is -0.297. The highest BCUT2D eigenvalue weighted by Crippen LogP contribution is 2.24. The minimum atomic E-state index is -1.33. The molecule has 0 bridgehead atoms. The normalized spacial score (nSPS) is 26.7. The molecule has 1 aliphatic heterocycles. The van der Waals surface area contributed by atoms with Crippen LogP contribution < -0.4 is 0 Å². The van der Waals surface area contributed by atoms with Crippen molar-refractivity contribution in [2.24, 2.45) is 0 Å². The molecule has 12 nitrogen and oxygen atoms in total. The monoisotopic (exact) mass is 417 g/mol. The largest absolute Gasteiger partial charge is 0.388 e. The second-order valence-electron chi connectivity index (χ2n) is 6.97. The van der Waals surface area contributed by atoms with Gasteiger partial charge in [-0.15, -0.1) is 15.3 Å². The quantitative estimate of drug-likeness (QED) is 0.388. The summed E-state index contributed by atoms with van der Waals surface area (Å²) >= 11 is 0. The predicted octanol–water partition coefficient (Wildman–Crippen LogP) is -0.641. The van der Waals surface area contributed by atoms with Crippen molar-refractivity contribution >= 4 is 0 Å². The Bertz CT molecular complexity index is 931. The van der Waals surface area contributed by atoms with Gasteiger partial charge in [0.25, 0.3) is 0 Å². The van der Waals surface area contributed by atoms with Gasteiger partial charge in [0.1, 0.15) is 24.0 Å². The van der Waals surface area contributed by atoms with Crippen LogP contribution in [0.3, 0.4) is 0 Å². The Balaban J connectivity index is 1.33. The van der Waals surface area contributed by atoms with E-state index in [0.29, 0.717) is 24.5 Å². The van der Waals surface area contributed by atoms with E-state index in [9.17, 15) is 15.3 Å². The fourth-order valence-electron chi connectivity index (χ4n) is 3.27. The summed E-state index contributed by atoms with van der Waals surface area (Å²) in [4.78, 5) is 0. The number of nitrogens with one attached hydrogen (secondary N) is 1. The zero-order chi connectivity index (χ0) is 21.1. The Hall–Kier alpha value is -2.77. The molecule has 1 aliphatic rings. The maximum atomic E-state index is 10.1. The first-order valence-electron chi connectivity index (χ1n) is 9.62. The molecule has 160 valence electrons. The number of ether oxygens (including phenoxy) is 2. The van der Waals surface area contributed by atoms with Crippen molar-refractivity contribution in [1.82, 2.24) is 35.6 Å². The Morgan fingerprint density at radius 2 is 1.83 bits per heavy atom. The molecule has 0 aliphatic carbocycles. The third-order valence-corrected chi connectivity index (χ3v) is 5.00. The topological polar surface area (TPSA) is 164 Å². The minimum Gasteiger partial charge on any atom is -0.388 e. The number of benzene rings is 1. The van der Waals surface area contributed by atoms with Gasteiger partial charge in [-0.05, 0) is 11.6 Å². The van der Waals surface area contributed by atoms with Gasteiger partial charge in [-0.1, -0.05) is 36.4 Å². The van der Waals surface area contributed by atoms with E-state index in [0.717, 1.165) is 11.1 Å². The molecular weight excluding hydrogens is 394 g/mol. The van der Waals surface area contributed by atoms with E-state index in [4.69, 9.17) is 9.47 Å². The van der Waals surface area contributed by atoms with Gasteiger partial charge in [-0.2, -0.15) is 5.21 Å². The Kier molecular flexibility index (Phi) is 6.11. The number of H-pyrrole nitrogens is 1. The van der Waals surface area contributed by atoms with Gasteiger partial charge in [0.15, 0.2) is 6.29 Å². The van der Waals surface area contributed by atoms with E-state index in [1.54, 1.807) is 10.9 Å². The number of aliphatic hydroxyl groups excluding tert-OH is 3. The molecule has 1 saturated heterocycles. The lowest BCUT2D eigenvalue weighted by atomic mass is 9.97. The molecule has 1 fully saturated rings. The zero-order valence-corrected chi connectivity index (χ0v) is 16.2. The van der Waals surface area contributed by atoms with Gasteiger partial charge >= 0.3 is 0 Å². The smallest absolute Gasteiger partial charge is 0.204 e. The van der Waals surface area contributed by atoms with E-state index in [-0.39, 0.29) is 6.61 Å². The number of rotatable bonds is 7. The molecule has 0 saturated carbocycles. The van der Waals surface area contributed by atoms with Crippen LogP contribution in [0, 0.1) is 0 Å². The lowest BCUT2D eigenvalue weighted by Crippen LogP contribution is -2.58. The Morgan fingerprint density at radius 1 is 1.07 bits per heavy atom. The van der Waals surface area contributed by atoms with E-state index >= 15 is 0 Å². The third kappa shape index (κ3) is 4.22. The van der Waals surface area contributed by atoms with Crippen molar-refractivity contribution in [3.05, 3.63) is 30.5 Å². The van der Waals surface area contributed by atoms with Crippen LogP contribution in [0.1, 0.15) is 13.3 Å². The summed E-state index contributed by atoms with van der Waals surface area (Å²) in [7, 11) is 0. The average Bonchev–Trinajstić information content (AvgIpc) is 3.46. The van der Waals surface area contributed by atoms with Gasteiger partial charge in [-0.3, -0.25) is 0 Å². The summed E-state index contributed by atoms with van der Waals surface area (Å²) in [6.07, 6.45) is -3.14. The molecule has 0 radical (unpaired) electrons. The molecule has 0 spiro atoms. The number of aliphatic hydroxyl groups is 3. The summed E-state index contributed by atoms with van der Waals surface area (Å²) in [6, 6.07) is 7.52. The van der Waals surface area contributed by atoms with Crippen molar-refractivity contribution in [3.63, 3.8) is 0 Å². The van der Waals surface area contributed by atoms with Crippen LogP contribution in [0.4, 0.5) is 0 Å². The van der Waals surface area contributed by atoms with Crippen molar-refractivity contribution in [2.45, 2.75) is 50.6 Å². The SMILES string of the molecule is CCC1O[C@H](OCCn2cc(-c3ccc(-c4nn[nH]n4)cc3)nn2)[C@@H](O)C(O)[C@@H]1O. The minimum absolute atomic E-state index is 0.181. The van der Waals surface area contributed by atoms with Crippen molar-refractivity contribution in [3.8, 4) is 22.6 Å². The Morgan fingerprint density at radius 3 is 2.53 bits per heavy atom. The van der Waals surface area contributed by atoms with Crippen LogP contribution in [0.5, 0.6) is 0 Å². The molecule has 2 aromatic heterocycles. The average molecular weight is 417 g/mol. The molecule has 4 rings (SSSR count). The van der Waals surface area contributed by atoms with Crippen LogP contribution in [-0.4, -0.2) is 88.3 Å². The molecule has 30 heavy (non-hydrogen) atoms. The lowest BCUT2D eigenvalue weighted by Gasteiger charge is -2.40. The molecule has 0 amide bonds. The molecule has 3 heterocycles. The highest BCUT2D eigenvalue weighted by molar-refractivity contribution is 5.64. The Labute approximate surface area is 171 Å². The zero-order valence-electron chi connectivity index (χ0n) is 16.2. The van der Waals surface area contributed by atoms with Crippen molar-refractivity contribution < 1.29 is 24.8 Å². The second kappa shape index (κ2) is 8.93. The van der Waals surface area contributed by atoms with Crippen LogP contribution >= 0.6 is 0 Å². The summed E-state index contributed by atoms with van der Waals surface area (Å²) in [5.74, 6) is 0.512. The van der Waals surface area contributed by atoms with Gasteiger partial charge in [0.2, 0.25) is 5.82 Å². The highest BCUT2D eigenvalue weighted by atomic mass is 16.7. The number of hydrogen-bond donors (Lipinski definition) is 4. The maximum absolute atomic E-state index is 10.1. The summed E-state index contributed by atoms with van der Waals surface area (Å²) in [5, 5.41) is 52.0. The number of aromatic nitrogens is 7. The number of tetrazole rings is 1. The summed E-state index contributed by atoms with van der Waals surface area (Å²) in [6.45, 7) is 2.37. The van der Waals surface area contributed by atoms with E-state index in [2.05, 4.69) is 30.9 Å². The first-order chi connectivity index (χ1) is 14.6. The van der Waals surface area contributed by atoms with E-state index < -0.39 is 30.7 Å².